The van der Waals surface area contributed by atoms with E-state index in [0.29, 0.717) is 22.9 Å². The lowest BCUT2D eigenvalue weighted by atomic mass is 10.2. The van der Waals surface area contributed by atoms with Crippen LogP contribution in [0.25, 0.3) is 0 Å². The van der Waals surface area contributed by atoms with Gasteiger partial charge in [0.15, 0.2) is 12.4 Å². The Hall–Kier alpha value is -3.81. The quantitative estimate of drug-likeness (QED) is 0.628. The van der Waals surface area contributed by atoms with Crippen LogP contribution in [0.5, 0.6) is 11.5 Å². The van der Waals surface area contributed by atoms with Crippen molar-refractivity contribution in [2.24, 2.45) is 0 Å². The molecular weight excluding hydrogens is 362 g/mol. The van der Waals surface area contributed by atoms with E-state index in [4.69, 9.17) is 19.7 Å². The maximum Gasteiger partial charge on any atom is 0.346 e. The maximum absolute atomic E-state index is 12.2. The molecule has 1 amide bonds. The number of ether oxygens (including phenoxy) is 2. The highest BCUT2D eigenvalue weighted by Gasteiger charge is 2.21. The van der Waals surface area contributed by atoms with Gasteiger partial charge in [-0.05, 0) is 38.1 Å². The summed E-state index contributed by atoms with van der Waals surface area (Å²) in [5.41, 5.74) is 7.39. The summed E-state index contributed by atoms with van der Waals surface area (Å²) in [6.07, 6.45) is 0. The Balaban J connectivity index is 1.63. The number of aryl methyl sites for hydroxylation is 2. The van der Waals surface area contributed by atoms with Crippen molar-refractivity contribution in [3.8, 4) is 11.5 Å². The molecule has 28 heavy (non-hydrogen) atoms. The third-order valence-electron chi connectivity index (χ3n) is 3.84. The van der Waals surface area contributed by atoms with Crippen molar-refractivity contribution in [2.75, 3.05) is 17.7 Å². The molecule has 0 spiro atoms. The Morgan fingerprint density at radius 3 is 2.50 bits per heavy atom. The van der Waals surface area contributed by atoms with Gasteiger partial charge in [0.25, 0.3) is 5.91 Å². The topological polar surface area (TPSA) is 117 Å². The minimum Gasteiger partial charge on any atom is -0.455 e. The Labute approximate surface area is 161 Å². The van der Waals surface area contributed by atoms with E-state index in [1.54, 1.807) is 31.2 Å². The molecule has 3 aromatic rings. The standard InChI is InChI=1S/C20H19N3O5/c1-12-7-9-14(10-8-12)27-16-6-4-3-5-15(16)22-17(24)11-26-20(25)18-13(2)23-28-19(18)21/h3-10H,11,21H2,1-2H3,(H,22,24). The van der Waals surface area contributed by atoms with Gasteiger partial charge in [-0.1, -0.05) is 35.0 Å². The SMILES string of the molecule is Cc1ccc(Oc2ccccc2NC(=O)COC(=O)c2c(C)noc2N)cc1. The summed E-state index contributed by atoms with van der Waals surface area (Å²) in [5.74, 6) is -0.362. The van der Waals surface area contributed by atoms with Gasteiger partial charge in [0.05, 0.1) is 11.4 Å². The zero-order valence-corrected chi connectivity index (χ0v) is 15.4. The lowest BCUT2D eigenvalue weighted by Crippen LogP contribution is -2.21. The van der Waals surface area contributed by atoms with E-state index < -0.39 is 18.5 Å². The number of rotatable bonds is 6. The van der Waals surface area contributed by atoms with Crippen molar-refractivity contribution in [2.45, 2.75) is 13.8 Å². The van der Waals surface area contributed by atoms with Crippen LogP contribution in [0.4, 0.5) is 11.6 Å². The van der Waals surface area contributed by atoms with Crippen LogP contribution in [0.15, 0.2) is 53.1 Å². The number of nitrogens with zero attached hydrogens (tertiary/aromatic N) is 1. The molecule has 0 aliphatic carbocycles. The van der Waals surface area contributed by atoms with Crippen LogP contribution < -0.4 is 15.8 Å². The molecule has 2 aromatic carbocycles. The van der Waals surface area contributed by atoms with Crippen molar-refractivity contribution in [1.29, 1.82) is 0 Å². The van der Waals surface area contributed by atoms with Gasteiger partial charge in [-0.2, -0.15) is 0 Å². The smallest absolute Gasteiger partial charge is 0.346 e. The van der Waals surface area contributed by atoms with Gasteiger partial charge in [-0.15, -0.1) is 0 Å². The molecule has 0 unspecified atom stereocenters. The second-order valence-electron chi connectivity index (χ2n) is 6.04. The predicted molar refractivity (Wildman–Crippen MR) is 102 cm³/mol. The summed E-state index contributed by atoms with van der Waals surface area (Å²) in [5, 5.41) is 6.23. The van der Waals surface area contributed by atoms with Crippen molar-refractivity contribution < 1.29 is 23.6 Å². The molecule has 1 heterocycles. The second-order valence-corrected chi connectivity index (χ2v) is 6.04. The van der Waals surface area contributed by atoms with Crippen LogP contribution in [0.2, 0.25) is 0 Å². The molecular formula is C20H19N3O5. The highest BCUT2D eigenvalue weighted by molar-refractivity contribution is 5.98. The third kappa shape index (κ3) is 4.47. The fourth-order valence-corrected chi connectivity index (χ4v) is 2.42. The third-order valence-corrected chi connectivity index (χ3v) is 3.84. The number of anilines is 2. The fraction of sp³-hybridized carbons (Fsp3) is 0.150. The van der Waals surface area contributed by atoms with Gasteiger partial charge < -0.3 is 25.0 Å². The number of nitrogens with two attached hydrogens (primary N) is 1. The molecule has 144 valence electrons. The molecule has 8 heteroatoms. The first-order valence-corrected chi connectivity index (χ1v) is 8.46. The first-order chi connectivity index (χ1) is 13.4. The first-order valence-electron chi connectivity index (χ1n) is 8.46. The van der Waals surface area contributed by atoms with Crippen LogP contribution in [0.3, 0.4) is 0 Å². The summed E-state index contributed by atoms with van der Waals surface area (Å²) >= 11 is 0. The molecule has 3 N–H and O–H groups in total. The first kappa shape index (κ1) is 19.0. The number of carbonyl (C=O) groups is 2. The summed E-state index contributed by atoms with van der Waals surface area (Å²) in [7, 11) is 0. The number of hydrogen-bond acceptors (Lipinski definition) is 7. The number of benzene rings is 2. The van der Waals surface area contributed by atoms with Crippen LogP contribution in [-0.2, 0) is 9.53 Å². The molecule has 0 saturated carbocycles. The van der Waals surface area contributed by atoms with Gasteiger partial charge in [0.2, 0.25) is 5.88 Å². The lowest BCUT2D eigenvalue weighted by molar-refractivity contribution is -0.119. The summed E-state index contributed by atoms with van der Waals surface area (Å²) < 4.78 is 15.5. The van der Waals surface area contributed by atoms with Crippen LogP contribution in [-0.4, -0.2) is 23.6 Å². The summed E-state index contributed by atoms with van der Waals surface area (Å²) in [6, 6.07) is 14.5. The molecule has 0 aliphatic heterocycles. The minimum absolute atomic E-state index is 0.0101. The number of hydrogen-bond donors (Lipinski definition) is 2. The number of nitrogens with one attached hydrogen (secondary N) is 1. The molecule has 0 atom stereocenters. The van der Waals surface area contributed by atoms with E-state index in [1.165, 1.54) is 0 Å². The van der Waals surface area contributed by atoms with Crippen molar-refractivity contribution in [3.63, 3.8) is 0 Å². The number of amides is 1. The van der Waals surface area contributed by atoms with E-state index in [-0.39, 0.29) is 11.4 Å². The largest absolute Gasteiger partial charge is 0.455 e. The fourth-order valence-electron chi connectivity index (χ4n) is 2.42. The average molecular weight is 381 g/mol. The van der Waals surface area contributed by atoms with Crippen LogP contribution in [0, 0.1) is 13.8 Å². The lowest BCUT2D eigenvalue weighted by Gasteiger charge is -2.12. The van der Waals surface area contributed by atoms with Crippen molar-refractivity contribution in [1.82, 2.24) is 5.16 Å². The molecule has 8 nitrogen and oxygen atoms in total. The van der Waals surface area contributed by atoms with E-state index >= 15 is 0 Å². The van der Waals surface area contributed by atoms with E-state index in [0.717, 1.165) is 5.56 Å². The molecule has 0 aliphatic rings. The van der Waals surface area contributed by atoms with E-state index in [1.807, 2.05) is 31.2 Å². The normalized spacial score (nSPS) is 10.4. The van der Waals surface area contributed by atoms with Crippen LogP contribution in [0.1, 0.15) is 21.6 Å². The number of carbonyl (C=O) groups excluding carboxylic acids is 2. The Kier molecular flexibility index (Phi) is 5.59. The molecule has 0 fully saturated rings. The van der Waals surface area contributed by atoms with Gasteiger partial charge in [-0.3, -0.25) is 4.79 Å². The molecule has 3 rings (SSSR count). The average Bonchev–Trinajstić information content (AvgIpc) is 3.01. The number of esters is 1. The van der Waals surface area contributed by atoms with Gasteiger partial charge in [0.1, 0.15) is 11.3 Å². The zero-order valence-electron chi connectivity index (χ0n) is 15.4. The van der Waals surface area contributed by atoms with Gasteiger partial charge >= 0.3 is 5.97 Å². The minimum atomic E-state index is -0.782. The van der Waals surface area contributed by atoms with Gasteiger partial charge in [0, 0.05) is 0 Å². The molecule has 0 radical (unpaired) electrons. The zero-order chi connectivity index (χ0) is 20.1. The summed E-state index contributed by atoms with van der Waals surface area (Å²) in [4.78, 5) is 24.2. The van der Waals surface area contributed by atoms with Gasteiger partial charge in [-0.25, -0.2) is 4.79 Å². The number of nitrogen functional groups attached to an aromatic ring is 1. The van der Waals surface area contributed by atoms with E-state index in [9.17, 15) is 9.59 Å². The Bertz CT molecular complexity index is 976. The highest BCUT2D eigenvalue weighted by Crippen LogP contribution is 2.29. The Morgan fingerprint density at radius 1 is 1.11 bits per heavy atom. The maximum atomic E-state index is 12.2. The van der Waals surface area contributed by atoms with E-state index in [2.05, 4.69) is 10.5 Å². The van der Waals surface area contributed by atoms with Crippen molar-refractivity contribution >= 4 is 23.4 Å². The molecule has 0 bridgehead atoms. The highest BCUT2D eigenvalue weighted by atomic mass is 16.5. The predicted octanol–water partition coefficient (Wildman–Crippen LogP) is 3.46. The summed E-state index contributed by atoms with van der Waals surface area (Å²) in [6.45, 7) is 3.03. The second kappa shape index (κ2) is 8.26. The Morgan fingerprint density at radius 2 is 1.82 bits per heavy atom. The van der Waals surface area contributed by atoms with Crippen molar-refractivity contribution in [3.05, 3.63) is 65.4 Å². The van der Waals surface area contributed by atoms with Crippen LogP contribution >= 0.6 is 0 Å². The molecule has 0 saturated heterocycles. The molecule has 1 aromatic heterocycles. The monoisotopic (exact) mass is 381 g/mol. The number of para-hydroxylation sites is 2. The number of aromatic nitrogens is 1.